The van der Waals surface area contributed by atoms with Gasteiger partial charge in [0.2, 0.25) is 5.60 Å². The van der Waals surface area contributed by atoms with Crippen LogP contribution in [0.2, 0.25) is 0 Å². The standard InChI is InChI=1S/C23H21N2O6P/c1-4-13-14-8-12(3)6-7-18(14)24-20-15(13)10-25-19(20)9-17-16(21(25)26)11-30-22(27)23(17,5-2)31-32(28)29/h6-9H,4-5,10-11H2,1-3H3/t23-/m0/s1. The second-order valence-corrected chi connectivity index (χ2v) is 8.81. The molecule has 9 heteroatoms. The summed E-state index contributed by atoms with van der Waals surface area (Å²) in [7, 11) is -3.36. The van der Waals surface area contributed by atoms with E-state index in [2.05, 4.69) is 13.0 Å². The molecule has 0 saturated carbocycles. The number of carbonyl (C=O) groups excluding carboxylic acids is 1. The Hall–Kier alpha value is -2.93. The number of nitrogens with zero attached hydrogens (tertiary/aromatic N) is 2. The highest BCUT2D eigenvalue weighted by atomic mass is 31.1. The molecule has 0 fully saturated rings. The van der Waals surface area contributed by atoms with Crippen molar-refractivity contribution in [3.05, 3.63) is 62.4 Å². The fourth-order valence-corrected chi connectivity index (χ4v) is 5.50. The number of carbonyl (C=O) groups is 1. The van der Waals surface area contributed by atoms with E-state index in [9.17, 15) is 19.0 Å². The first-order chi connectivity index (χ1) is 15.3. The Kier molecular flexibility index (Phi) is 4.78. The number of rotatable bonds is 4. The van der Waals surface area contributed by atoms with E-state index in [-0.39, 0.29) is 29.7 Å². The van der Waals surface area contributed by atoms with Crippen LogP contribution >= 0.6 is 8.25 Å². The van der Waals surface area contributed by atoms with E-state index in [1.54, 1.807) is 17.6 Å². The minimum absolute atomic E-state index is 0.00251. The Morgan fingerprint density at radius 1 is 1.25 bits per heavy atom. The molecule has 2 aliphatic rings. The molecule has 1 unspecified atom stereocenters. The summed E-state index contributed by atoms with van der Waals surface area (Å²) in [5.74, 6) is -0.814. The Morgan fingerprint density at radius 2 is 2.03 bits per heavy atom. The van der Waals surface area contributed by atoms with Gasteiger partial charge in [0.15, 0.2) is 0 Å². The van der Waals surface area contributed by atoms with Crippen molar-refractivity contribution in [3.8, 4) is 11.4 Å². The Balaban J connectivity index is 1.82. The monoisotopic (exact) mass is 452 g/mol. The van der Waals surface area contributed by atoms with Crippen LogP contribution in [0.5, 0.6) is 0 Å². The number of cyclic esters (lactones) is 1. The largest absolute Gasteiger partial charge is 0.566 e. The molecule has 0 bridgehead atoms. The first-order valence-corrected chi connectivity index (χ1v) is 11.6. The van der Waals surface area contributed by atoms with Gasteiger partial charge in [0.25, 0.3) is 5.56 Å². The summed E-state index contributed by atoms with van der Waals surface area (Å²) in [5.41, 5.74) is 3.55. The molecule has 0 saturated heterocycles. The average Bonchev–Trinajstić information content (AvgIpc) is 3.12. The Labute approximate surface area is 184 Å². The second kappa shape index (κ2) is 7.30. The van der Waals surface area contributed by atoms with Gasteiger partial charge in [-0.1, -0.05) is 25.5 Å². The third-order valence-electron chi connectivity index (χ3n) is 6.51. The van der Waals surface area contributed by atoms with Crippen molar-refractivity contribution >= 4 is 25.1 Å². The van der Waals surface area contributed by atoms with Crippen molar-refractivity contribution in [3.63, 3.8) is 0 Å². The maximum atomic E-state index is 13.5. The smallest absolute Gasteiger partial charge is 0.490 e. The van der Waals surface area contributed by atoms with Crippen LogP contribution in [0.3, 0.4) is 0 Å². The summed E-state index contributed by atoms with van der Waals surface area (Å²) in [4.78, 5) is 42.5. The average molecular weight is 452 g/mol. The lowest BCUT2D eigenvalue weighted by Crippen LogP contribution is -2.45. The highest BCUT2D eigenvalue weighted by molar-refractivity contribution is 7.30. The highest BCUT2D eigenvalue weighted by Gasteiger charge is 2.52. The van der Waals surface area contributed by atoms with Gasteiger partial charge in [-0.25, -0.2) is 9.78 Å². The molecule has 8 nitrogen and oxygen atoms in total. The molecule has 32 heavy (non-hydrogen) atoms. The molecule has 1 aromatic carbocycles. The molecule has 2 aromatic heterocycles. The van der Waals surface area contributed by atoms with Gasteiger partial charge in [0, 0.05) is 16.5 Å². The van der Waals surface area contributed by atoms with Gasteiger partial charge >= 0.3 is 14.2 Å². The van der Waals surface area contributed by atoms with Crippen LogP contribution in [0.25, 0.3) is 22.3 Å². The van der Waals surface area contributed by atoms with Crippen LogP contribution in [-0.2, 0) is 43.8 Å². The quantitative estimate of drug-likeness (QED) is 0.346. The molecule has 0 aliphatic carbocycles. The highest BCUT2D eigenvalue weighted by Crippen LogP contribution is 2.44. The van der Waals surface area contributed by atoms with Crippen molar-refractivity contribution in [2.24, 2.45) is 0 Å². The van der Waals surface area contributed by atoms with Crippen LogP contribution < -0.4 is 10.5 Å². The van der Waals surface area contributed by atoms with Crippen LogP contribution in [-0.4, -0.2) is 15.5 Å². The summed E-state index contributed by atoms with van der Waals surface area (Å²) >= 11 is 0. The number of pyridine rings is 2. The van der Waals surface area contributed by atoms with Crippen molar-refractivity contribution < 1.29 is 23.5 Å². The molecule has 164 valence electrons. The normalized spacial score (nSPS) is 19.4. The van der Waals surface area contributed by atoms with Gasteiger partial charge in [-0.3, -0.25) is 4.79 Å². The van der Waals surface area contributed by atoms with Crippen LogP contribution in [0, 0.1) is 6.92 Å². The summed E-state index contributed by atoms with van der Waals surface area (Å²) < 4.78 is 23.4. The van der Waals surface area contributed by atoms with E-state index in [1.807, 2.05) is 19.1 Å². The van der Waals surface area contributed by atoms with E-state index in [0.717, 1.165) is 34.0 Å². The minimum Gasteiger partial charge on any atom is -0.566 e. The third-order valence-corrected chi connectivity index (χ3v) is 6.97. The zero-order chi connectivity index (χ0) is 22.8. The number of hydrogen-bond donors (Lipinski definition) is 0. The molecule has 5 rings (SSSR count). The molecular formula is C23H21N2O6P. The number of benzene rings is 1. The fraction of sp³-hybridized carbons (Fsp3) is 0.348. The summed E-state index contributed by atoms with van der Waals surface area (Å²) in [6.07, 6.45) is 0.774. The number of aryl methyl sites for hydroxylation is 2. The molecule has 0 amide bonds. The number of ether oxygens (including phenoxy) is 1. The maximum Gasteiger partial charge on any atom is 0.490 e. The lowest BCUT2D eigenvalue weighted by molar-refractivity contribution is -0.207. The van der Waals surface area contributed by atoms with E-state index in [0.29, 0.717) is 17.9 Å². The second-order valence-electron chi connectivity index (χ2n) is 8.18. The Bertz CT molecular complexity index is 1400. The van der Waals surface area contributed by atoms with Crippen LogP contribution in [0.4, 0.5) is 0 Å². The van der Waals surface area contributed by atoms with E-state index in [1.165, 1.54) is 0 Å². The summed E-state index contributed by atoms with van der Waals surface area (Å²) in [6.45, 7) is 5.86. The molecule has 3 aromatic rings. The SMILES string of the molecule is CCc1c2c(nc3ccc(C)cc13)-c1cc3c(c(=O)n1C2)COC(=O)[C@@]3(CC)O[P+](=O)[O-]. The van der Waals surface area contributed by atoms with E-state index >= 15 is 0 Å². The number of aromatic nitrogens is 2. The number of fused-ring (bicyclic) bond motifs is 5. The summed E-state index contributed by atoms with van der Waals surface area (Å²) in [5, 5.41) is 1.06. The van der Waals surface area contributed by atoms with Crippen molar-refractivity contribution in [1.29, 1.82) is 0 Å². The maximum absolute atomic E-state index is 13.5. The predicted octanol–water partition coefficient (Wildman–Crippen LogP) is 2.99. The number of esters is 1. The van der Waals surface area contributed by atoms with Gasteiger partial charge in [0.1, 0.15) is 6.61 Å². The molecule has 2 atom stereocenters. The molecule has 2 aliphatic heterocycles. The molecule has 4 heterocycles. The third kappa shape index (κ3) is 2.80. The minimum atomic E-state index is -3.36. The van der Waals surface area contributed by atoms with Gasteiger partial charge < -0.3 is 14.2 Å². The van der Waals surface area contributed by atoms with E-state index < -0.39 is 19.8 Å². The van der Waals surface area contributed by atoms with Crippen molar-refractivity contribution in [1.82, 2.24) is 9.55 Å². The van der Waals surface area contributed by atoms with Crippen LogP contribution in [0.15, 0.2) is 29.1 Å². The zero-order valence-electron chi connectivity index (χ0n) is 17.9. The summed E-state index contributed by atoms with van der Waals surface area (Å²) in [6, 6.07) is 7.73. The van der Waals surface area contributed by atoms with Crippen LogP contribution in [0.1, 0.15) is 48.1 Å². The fourth-order valence-electron chi connectivity index (χ4n) is 4.95. The van der Waals surface area contributed by atoms with Gasteiger partial charge in [-0.2, -0.15) is 0 Å². The molecular weight excluding hydrogens is 431 g/mol. The molecule has 0 N–H and O–H groups in total. The lowest BCUT2D eigenvalue weighted by atomic mass is 9.86. The topological polar surface area (TPSA) is 111 Å². The predicted molar refractivity (Wildman–Crippen MR) is 115 cm³/mol. The van der Waals surface area contributed by atoms with Crippen molar-refractivity contribution in [2.75, 3.05) is 0 Å². The first-order valence-electron chi connectivity index (χ1n) is 10.5. The lowest BCUT2D eigenvalue weighted by Gasteiger charge is -2.31. The Morgan fingerprint density at radius 3 is 2.72 bits per heavy atom. The van der Waals surface area contributed by atoms with Gasteiger partial charge in [-0.05, 0) is 48.1 Å². The van der Waals surface area contributed by atoms with Crippen molar-refractivity contribution in [2.45, 2.75) is 52.4 Å². The molecule has 0 spiro atoms. The van der Waals surface area contributed by atoms with Gasteiger partial charge in [-0.15, -0.1) is 4.52 Å². The zero-order valence-corrected chi connectivity index (χ0v) is 18.8. The number of hydrogen-bond acceptors (Lipinski definition) is 7. The van der Waals surface area contributed by atoms with Gasteiger partial charge in [0.05, 0.1) is 29.0 Å². The van der Waals surface area contributed by atoms with E-state index in [4.69, 9.17) is 14.2 Å². The molecule has 0 radical (unpaired) electrons. The first kappa shape index (κ1) is 20.9.